The topological polar surface area (TPSA) is 96.0 Å². The fourth-order valence-corrected chi connectivity index (χ4v) is 2.90. The Bertz CT molecular complexity index is 827. The van der Waals surface area contributed by atoms with Gasteiger partial charge in [-0.15, -0.1) is 0 Å². The lowest BCUT2D eigenvalue weighted by Crippen LogP contribution is -2.13. The van der Waals surface area contributed by atoms with E-state index in [0.29, 0.717) is 0 Å². The second-order valence-corrected chi connectivity index (χ2v) is 6.22. The smallest absolute Gasteiger partial charge is 0.262 e. The second kappa shape index (κ2) is 5.60. The molecule has 0 fully saturated rings. The second-order valence-electron chi connectivity index (χ2n) is 4.13. The number of rotatable bonds is 3. The number of halogens is 2. The van der Waals surface area contributed by atoms with Crippen molar-refractivity contribution in [2.75, 3.05) is 10.5 Å². The predicted octanol–water partition coefficient (Wildman–Crippen LogP) is 2.73. The maximum Gasteiger partial charge on any atom is 0.262 e. The minimum absolute atomic E-state index is 0.0100. The van der Waals surface area contributed by atoms with Gasteiger partial charge in [0.15, 0.2) is 0 Å². The minimum atomic E-state index is -4.02. The van der Waals surface area contributed by atoms with E-state index in [1.165, 1.54) is 18.2 Å². The third-order valence-corrected chi connectivity index (χ3v) is 4.23. The molecule has 0 saturated carbocycles. The van der Waals surface area contributed by atoms with Crippen LogP contribution in [0.5, 0.6) is 0 Å². The number of nitriles is 1. The van der Waals surface area contributed by atoms with Gasteiger partial charge in [0.05, 0.1) is 21.2 Å². The Labute approximate surface area is 125 Å². The van der Waals surface area contributed by atoms with Gasteiger partial charge in [-0.1, -0.05) is 11.6 Å². The summed E-state index contributed by atoms with van der Waals surface area (Å²) < 4.78 is 39.7. The van der Waals surface area contributed by atoms with Crippen molar-refractivity contribution in [3.63, 3.8) is 0 Å². The molecule has 2 rings (SSSR count). The van der Waals surface area contributed by atoms with Crippen molar-refractivity contribution in [1.82, 2.24) is 0 Å². The van der Waals surface area contributed by atoms with Crippen molar-refractivity contribution >= 4 is 33.0 Å². The van der Waals surface area contributed by atoms with Crippen molar-refractivity contribution in [3.8, 4) is 6.07 Å². The van der Waals surface area contributed by atoms with Crippen LogP contribution in [0.3, 0.4) is 0 Å². The first-order chi connectivity index (χ1) is 9.81. The van der Waals surface area contributed by atoms with E-state index in [1.807, 2.05) is 6.07 Å². The molecule has 0 aliphatic rings. The van der Waals surface area contributed by atoms with Gasteiger partial charge in [0.2, 0.25) is 0 Å². The minimum Gasteiger partial charge on any atom is -0.399 e. The van der Waals surface area contributed by atoms with Crippen molar-refractivity contribution in [1.29, 1.82) is 5.26 Å². The molecule has 5 nitrogen and oxygen atoms in total. The van der Waals surface area contributed by atoms with Crippen LogP contribution in [0.15, 0.2) is 41.3 Å². The van der Waals surface area contributed by atoms with Gasteiger partial charge < -0.3 is 5.73 Å². The molecular formula is C13H9ClFN3O2S. The molecule has 0 saturated heterocycles. The van der Waals surface area contributed by atoms with E-state index in [1.54, 1.807) is 0 Å². The number of nitrogens with two attached hydrogens (primary N) is 1. The molecule has 0 radical (unpaired) electrons. The summed E-state index contributed by atoms with van der Waals surface area (Å²) in [4.78, 5) is -0.312. The Hall–Kier alpha value is -2.30. The summed E-state index contributed by atoms with van der Waals surface area (Å²) in [5, 5.41) is 9.06. The van der Waals surface area contributed by atoms with E-state index in [-0.39, 0.29) is 26.9 Å². The van der Waals surface area contributed by atoms with Crippen molar-refractivity contribution in [2.24, 2.45) is 0 Å². The number of sulfonamides is 1. The maximum atomic E-state index is 13.2. The lowest BCUT2D eigenvalue weighted by Gasteiger charge is -2.09. The first kappa shape index (κ1) is 15.1. The first-order valence-electron chi connectivity index (χ1n) is 5.60. The van der Waals surface area contributed by atoms with Crippen LogP contribution in [0.2, 0.25) is 5.02 Å². The van der Waals surface area contributed by atoms with Gasteiger partial charge in [-0.25, -0.2) is 12.8 Å². The number of nitrogens with zero attached hydrogens (tertiary/aromatic N) is 1. The number of nitrogens with one attached hydrogen (secondary N) is 1. The Morgan fingerprint density at radius 2 is 1.95 bits per heavy atom. The molecule has 0 unspecified atom stereocenters. The molecule has 0 aliphatic carbocycles. The van der Waals surface area contributed by atoms with Crippen molar-refractivity contribution < 1.29 is 12.8 Å². The van der Waals surface area contributed by atoms with Gasteiger partial charge in [-0.05, 0) is 36.4 Å². The largest absolute Gasteiger partial charge is 0.399 e. The lowest BCUT2D eigenvalue weighted by molar-refractivity contribution is 0.595. The third kappa shape index (κ3) is 3.42. The highest BCUT2D eigenvalue weighted by Gasteiger charge is 2.16. The number of benzene rings is 2. The van der Waals surface area contributed by atoms with E-state index < -0.39 is 15.8 Å². The van der Waals surface area contributed by atoms with E-state index in [9.17, 15) is 12.8 Å². The molecule has 0 atom stereocenters. The summed E-state index contributed by atoms with van der Waals surface area (Å²) in [6.07, 6.45) is 0. The molecular weight excluding hydrogens is 317 g/mol. The van der Waals surface area contributed by atoms with Crippen LogP contribution in [0.4, 0.5) is 15.8 Å². The zero-order valence-electron chi connectivity index (χ0n) is 10.5. The van der Waals surface area contributed by atoms with Crippen molar-refractivity contribution in [2.45, 2.75) is 4.90 Å². The van der Waals surface area contributed by atoms with E-state index in [0.717, 1.165) is 18.2 Å². The van der Waals surface area contributed by atoms with Crippen LogP contribution in [-0.4, -0.2) is 8.42 Å². The zero-order chi connectivity index (χ0) is 15.6. The molecule has 108 valence electrons. The molecule has 0 aliphatic heterocycles. The Morgan fingerprint density at radius 1 is 1.24 bits per heavy atom. The highest BCUT2D eigenvalue weighted by Crippen LogP contribution is 2.23. The highest BCUT2D eigenvalue weighted by molar-refractivity contribution is 7.92. The Kier molecular flexibility index (Phi) is 4.02. The molecule has 8 heteroatoms. The average molecular weight is 326 g/mol. The fraction of sp³-hybridized carbons (Fsp3) is 0. The molecule has 0 aromatic heterocycles. The molecule has 0 amide bonds. The molecule has 0 spiro atoms. The maximum absolute atomic E-state index is 13.2. The zero-order valence-corrected chi connectivity index (χ0v) is 12.0. The van der Waals surface area contributed by atoms with Gasteiger partial charge in [0, 0.05) is 5.69 Å². The Balaban J connectivity index is 2.40. The van der Waals surface area contributed by atoms with Crippen LogP contribution in [0.1, 0.15) is 5.56 Å². The predicted molar refractivity (Wildman–Crippen MR) is 77.8 cm³/mol. The summed E-state index contributed by atoms with van der Waals surface area (Å²) in [5.41, 5.74) is 5.67. The van der Waals surface area contributed by atoms with E-state index in [2.05, 4.69) is 4.72 Å². The molecule has 3 N–H and O–H groups in total. The fourth-order valence-electron chi connectivity index (χ4n) is 1.63. The van der Waals surface area contributed by atoms with E-state index >= 15 is 0 Å². The van der Waals surface area contributed by atoms with Gasteiger partial charge >= 0.3 is 0 Å². The first-order valence-corrected chi connectivity index (χ1v) is 7.46. The summed E-state index contributed by atoms with van der Waals surface area (Å²) in [5.74, 6) is -0.760. The molecule has 0 bridgehead atoms. The van der Waals surface area contributed by atoms with Crippen LogP contribution in [0.25, 0.3) is 0 Å². The van der Waals surface area contributed by atoms with Gasteiger partial charge in [0.1, 0.15) is 11.9 Å². The number of anilines is 2. The lowest BCUT2D eigenvalue weighted by atomic mass is 10.2. The van der Waals surface area contributed by atoms with Gasteiger partial charge in [0.25, 0.3) is 10.0 Å². The Morgan fingerprint density at radius 3 is 2.57 bits per heavy atom. The van der Waals surface area contributed by atoms with Gasteiger partial charge in [-0.3, -0.25) is 4.72 Å². The summed E-state index contributed by atoms with van der Waals surface area (Å²) in [7, 11) is -4.02. The summed E-state index contributed by atoms with van der Waals surface area (Å²) >= 11 is 5.76. The number of hydrogen-bond acceptors (Lipinski definition) is 4. The van der Waals surface area contributed by atoms with Crippen LogP contribution in [-0.2, 0) is 10.0 Å². The van der Waals surface area contributed by atoms with Crippen LogP contribution >= 0.6 is 11.6 Å². The number of nitrogen functional groups attached to an aromatic ring is 1. The van der Waals surface area contributed by atoms with Gasteiger partial charge in [-0.2, -0.15) is 5.26 Å². The standard InChI is InChI=1S/C13H9ClFN3O2S/c14-13-2-1-11(3-8(13)7-16)18-21(19,20)12-5-9(15)4-10(17)6-12/h1-6,18H,17H2. The van der Waals surface area contributed by atoms with Crippen molar-refractivity contribution in [3.05, 3.63) is 52.8 Å². The molecule has 0 heterocycles. The summed E-state index contributed by atoms with van der Waals surface area (Å²) in [6, 6.07) is 8.88. The molecule has 21 heavy (non-hydrogen) atoms. The highest BCUT2D eigenvalue weighted by atomic mass is 35.5. The van der Waals surface area contributed by atoms with Crippen LogP contribution < -0.4 is 10.5 Å². The molecule has 2 aromatic carbocycles. The molecule has 2 aromatic rings. The quantitative estimate of drug-likeness (QED) is 0.848. The van der Waals surface area contributed by atoms with E-state index in [4.69, 9.17) is 22.6 Å². The third-order valence-electron chi connectivity index (χ3n) is 2.54. The monoisotopic (exact) mass is 325 g/mol. The average Bonchev–Trinajstić information content (AvgIpc) is 2.39. The number of hydrogen-bond donors (Lipinski definition) is 2. The summed E-state index contributed by atoms with van der Waals surface area (Å²) in [6.45, 7) is 0. The normalized spacial score (nSPS) is 10.9. The SMILES string of the molecule is N#Cc1cc(NS(=O)(=O)c2cc(N)cc(F)c2)ccc1Cl. The van der Waals surface area contributed by atoms with Crippen LogP contribution in [0, 0.1) is 17.1 Å².